The van der Waals surface area contributed by atoms with Crippen LogP contribution in [0.5, 0.6) is 0 Å². The third kappa shape index (κ3) is 38.0. The molecule has 0 fully saturated rings. The van der Waals surface area contributed by atoms with E-state index in [4.69, 9.17) is 23.8 Å². The van der Waals surface area contributed by atoms with Gasteiger partial charge in [-0.1, -0.05) is 121 Å². The zero-order chi connectivity index (χ0) is 42.8. The molecule has 0 amide bonds. The Labute approximate surface area is 340 Å². The van der Waals surface area contributed by atoms with Crippen LogP contribution in [0.25, 0.3) is 0 Å². The summed E-state index contributed by atoms with van der Waals surface area (Å²) >= 11 is 0. The fourth-order valence-corrected chi connectivity index (χ4v) is 6.30. The molecule has 0 saturated heterocycles. The van der Waals surface area contributed by atoms with E-state index in [0.29, 0.717) is 18.8 Å². The lowest BCUT2D eigenvalue weighted by Gasteiger charge is -2.20. The Morgan fingerprint density at radius 3 is 1.67 bits per heavy atom. The molecule has 0 spiro atoms. The van der Waals surface area contributed by atoms with Crippen LogP contribution in [0.2, 0.25) is 0 Å². The van der Waals surface area contributed by atoms with Crippen molar-refractivity contribution in [2.24, 2.45) is 5.92 Å². The zero-order valence-corrected chi connectivity index (χ0v) is 36.1. The largest absolute Gasteiger partial charge is 0.472 e. The average molecular weight is 855 g/mol. The van der Waals surface area contributed by atoms with Gasteiger partial charge in [-0.25, -0.2) is 9.13 Å². The number of rotatable bonds is 37. The van der Waals surface area contributed by atoms with Gasteiger partial charge >= 0.3 is 27.6 Å². The minimum absolute atomic E-state index is 0.0685. The summed E-state index contributed by atoms with van der Waals surface area (Å²) < 4.78 is 47.4. The molecule has 1 unspecified atom stereocenters. The minimum atomic E-state index is -4.89. The molecule has 0 aliphatic carbocycles. The van der Waals surface area contributed by atoms with Gasteiger partial charge in [-0.3, -0.25) is 23.2 Å². The van der Waals surface area contributed by atoms with Crippen LogP contribution in [-0.2, 0) is 41.8 Å². The molecule has 0 saturated carbocycles. The molecule has 0 aliphatic heterocycles. The highest BCUT2D eigenvalue weighted by Gasteiger charge is 2.28. The van der Waals surface area contributed by atoms with Gasteiger partial charge in [-0.05, 0) is 57.3 Å². The van der Waals surface area contributed by atoms with Crippen LogP contribution >= 0.6 is 15.6 Å². The summed E-state index contributed by atoms with van der Waals surface area (Å²) in [5.41, 5.74) is 0. The molecule has 0 aromatic carbocycles. The molecule has 15 nitrogen and oxygen atoms in total. The first-order valence-electron chi connectivity index (χ1n) is 20.4. The van der Waals surface area contributed by atoms with Crippen molar-refractivity contribution < 1.29 is 71.8 Å². The summed E-state index contributed by atoms with van der Waals surface area (Å²) in [6, 6.07) is 0. The van der Waals surface area contributed by atoms with Crippen molar-refractivity contribution in [2.75, 3.05) is 26.4 Å². The van der Waals surface area contributed by atoms with Crippen LogP contribution in [0.4, 0.5) is 0 Å². The van der Waals surface area contributed by atoms with Crippen molar-refractivity contribution in [3.05, 3.63) is 48.6 Å². The van der Waals surface area contributed by atoms with Gasteiger partial charge in [0.05, 0.1) is 32.0 Å². The van der Waals surface area contributed by atoms with Crippen molar-refractivity contribution in [2.45, 2.75) is 161 Å². The lowest BCUT2D eigenvalue weighted by molar-refractivity contribution is -0.161. The van der Waals surface area contributed by atoms with Crippen molar-refractivity contribution in [3.8, 4) is 0 Å². The number of carbonyl (C=O) groups excluding carboxylic acids is 2. The van der Waals surface area contributed by atoms with E-state index >= 15 is 0 Å². The number of ether oxygens (including phenoxy) is 2. The number of allylic oxidation sites excluding steroid dienone is 7. The Kier molecular flexibility index (Phi) is 33.6. The highest BCUT2D eigenvalue weighted by Crippen LogP contribution is 2.43. The van der Waals surface area contributed by atoms with Crippen LogP contribution in [0.1, 0.15) is 136 Å². The number of phosphoric ester groups is 2. The lowest BCUT2D eigenvalue weighted by Crippen LogP contribution is -2.30. The highest BCUT2D eigenvalue weighted by atomic mass is 31.2. The second kappa shape index (κ2) is 34.8. The maximum absolute atomic E-state index is 12.6. The maximum Gasteiger partial charge on any atom is 0.472 e. The lowest BCUT2D eigenvalue weighted by atomic mass is 10.0. The number of hydrogen-bond donors (Lipinski definition) is 6. The first-order chi connectivity index (χ1) is 27.0. The van der Waals surface area contributed by atoms with E-state index in [1.165, 1.54) is 25.7 Å². The first kappa shape index (κ1) is 55.0. The molecule has 0 aromatic rings. The summed E-state index contributed by atoms with van der Waals surface area (Å²) in [6.07, 6.45) is 24.6. The molecule has 0 heterocycles. The van der Waals surface area contributed by atoms with Crippen LogP contribution in [-0.4, -0.2) is 92.8 Å². The third-order valence-electron chi connectivity index (χ3n) is 8.35. The van der Waals surface area contributed by atoms with Crippen LogP contribution < -0.4 is 0 Å². The number of aliphatic hydroxyl groups is 3. The van der Waals surface area contributed by atoms with Gasteiger partial charge in [-0.15, -0.1) is 0 Å². The maximum atomic E-state index is 12.6. The van der Waals surface area contributed by atoms with Crippen molar-refractivity contribution in [1.82, 2.24) is 0 Å². The van der Waals surface area contributed by atoms with Gasteiger partial charge in [0.25, 0.3) is 0 Å². The summed E-state index contributed by atoms with van der Waals surface area (Å²) in [5, 5.41) is 30.4. The first-order valence-corrected chi connectivity index (χ1v) is 23.4. The SMILES string of the molecule is CC/C=C\C/C=C\C/C=C\C/C=C\C[C@H](O)[C@@H](O)CCCC(=O)OC[C@H](COP(=O)(O)OC[C@@H](O)COP(=O)(O)O)OC(=O)CCCCCCCCCCC(C)C. The molecule has 0 bridgehead atoms. The van der Waals surface area contributed by atoms with Gasteiger partial charge in [0, 0.05) is 12.8 Å². The van der Waals surface area contributed by atoms with Crippen LogP contribution in [0.3, 0.4) is 0 Å². The molecule has 5 atom stereocenters. The normalized spacial score (nSPS) is 15.8. The summed E-state index contributed by atoms with van der Waals surface area (Å²) in [4.78, 5) is 52.6. The predicted octanol–water partition coefficient (Wildman–Crippen LogP) is 7.69. The van der Waals surface area contributed by atoms with E-state index in [-0.39, 0.29) is 32.1 Å². The van der Waals surface area contributed by atoms with E-state index in [0.717, 1.165) is 44.9 Å². The van der Waals surface area contributed by atoms with Crippen LogP contribution in [0.15, 0.2) is 48.6 Å². The second-order valence-corrected chi connectivity index (χ2v) is 17.0. The number of esters is 2. The fourth-order valence-electron chi connectivity index (χ4n) is 5.15. The fraction of sp³-hybridized carbons (Fsp3) is 0.750. The Morgan fingerprint density at radius 2 is 1.09 bits per heavy atom. The van der Waals surface area contributed by atoms with Crippen LogP contribution in [0, 0.1) is 5.92 Å². The van der Waals surface area contributed by atoms with E-state index in [1.807, 2.05) is 12.2 Å². The standard InChI is InChI=1S/C40H72O15P2/c1-4-5-6-7-8-9-10-11-12-16-19-22-26-37(42)38(43)27-24-29-39(44)51-32-36(33-54-57(49,50)53-31-35(41)30-52-56(46,47)48)55-40(45)28-23-20-17-14-13-15-18-21-25-34(2)3/h5-6,8-9,11-12,19,22,34-38,41-43H,4,7,10,13-18,20-21,23-33H2,1-3H3,(H,49,50)(H2,46,47,48)/b6-5-,9-8-,12-11-,22-19-/t35-,36+,37-,38-/m0/s1. The van der Waals surface area contributed by atoms with E-state index in [1.54, 1.807) is 6.08 Å². The highest BCUT2D eigenvalue weighted by molar-refractivity contribution is 7.47. The average Bonchev–Trinajstić information content (AvgIpc) is 3.14. The summed E-state index contributed by atoms with van der Waals surface area (Å²) in [7, 11) is -9.76. The van der Waals surface area contributed by atoms with E-state index < -0.39 is 78.4 Å². The molecule has 6 N–H and O–H groups in total. The molecule has 332 valence electrons. The number of aliphatic hydroxyl groups excluding tert-OH is 3. The summed E-state index contributed by atoms with van der Waals surface area (Å²) in [5.74, 6) is -0.609. The third-order valence-corrected chi connectivity index (χ3v) is 9.79. The van der Waals surface area contributed by atoms with Crippen molar-refractivity contribution >= 4 is 27.6 Å². The monoisotopic (exact) mass is 854 g/mol. The molecular weight excluding hydrogens is 782 g/mol. The van der Waals surface area contributed by atoms with Crippen molar-refractivity contribution in [1.29, 1.82) is 0 Å². The molecule has 0 rings (SSSR count). The molecule has 0 aliphatic rings. The Hall–Kier alpha value is -2.00. The topological polar surface area (TPSA) is 236 Å². The predicted molar refractivity (Wildman–Crippen MR) is 219 cm³/mol. The van der Waals surface area contributed by atoms with Gasteiger partial charge in [0.15, 0.2) is 6.10 Å². The zero-order valence-electron chi connectivity index (χ0n) is 34.3. The summed E-state index contributed by atoms with van der Waals surface area (Å²) in [6.45, 7) is 3.53. The quantitative estimate of drug-likeness (QED) is 0.0152. The molecule has 0 aromatic heterocycles. The van der Waals surface area contributed by atoms with Gasteiger partial charge in [0.2, 0.25) is 0 Å². The van der Waals surface area contributed by atoms with E-state index in [2.05, 4.69) is 60.2 Å². The molecular formula is C40H72O15P2. The molecule has 17 heteroatoms. The Balaban J connectivity index is 4.78. The Morgan fingerprint density at radius 1 is 0.579 bits per heavy atom. The number of hydrogen-bond acceptors (Lipinski definition) is 12. The van der Waals surface area contributed by atoms with E-state index in [9.17, 15) is 38.9 Å². The molecule has 57 heavy (non-hydrogen) atoms. The van der Waals surface area contributed by atoms with Gasteiger partial charge in [0.1, 0.15) is 12.7 Å². The number of phosphoric acid groups is 2. The smallest absolute Gasteiger partial charge is 0.462 e. The molecule has 0 radical (unpaired) electrons. The number of carbonyl (C=O) groups is 2. The van der Waals surface area contributed by atoms with Gasteiger partial charge in [-0.2, -0.15) is 0 Å². The number of unbranched alkanes of at least 4 members (excludes halogenated alkanes) is 7. The second-order valence-electron chi connectivity index (χ2n) is 14.3. The Bertz CT molecular complexity index is 1250. The van der Waals surface area contributed by atoms with Gasteiger partial charge < -0.3 is 39.5 Å². The minimum Gasteiger partial charge on any atom is -0.462 e. The van der Waals surface area contributed by atoms with Crippen molar-refractivity contribution in [3.63, 3.8) is 0 Å².